The molecule has 6 nitrogen and oxygen atoms in total. The molecule has 0 saturated carbocycles. The summed E-state index contributed by atoms with van der Waals surface area (Å²) in [6.07, 6.45) is 1.65. The molecule has 138 valence electrons. The second kappa shape index (κ2) is 8.23. The third-order valence-electron chi connectivity index (χ3n) is 4.00. The van der Waals surface area contributed by atoms with E-state index in [0.717, 1.165) is 22.9 Å². The average Bonchev–Trinajstić information content (AvgIpc) is 2.69. The molecule has 0 fully saturated rings. The number of nitrogens with zero attached hydrogens (tertiary/aromatic N) is 2. The Kier molecular flexibility index (Phi) is 5.56. The van der Waals surface area contributed by atoms with Crippen LogP contribution >= 0.6 is 0 Å². The van der Waals surface area contributed by atoms with Crippen molar-refractivity contribution in [3.8, 4) is 5.75 Å². The molecule has 0 spiro atoms. The zero-order valence-corrected chi connectivity index (χ0v) is 15.6. The van der Waals surface area contributed by atoms with E-state index in [2.05, 4.69) is 15.6 Å². The molecule has 3 aromatic rings. The summed E-state index contributed by atoms with van der Waals surface area (Å²) < 4.78 is 5.17. The highest BCUT2D eigenvalue weighted by Gasteiger charge is 2.12. The summed E-state index contributed by atoms with van der Waals surface area (Å²) in [5.41, 5.74) is 2.78. The Morgan fingerprint density at radius 1 is 0.963 bits per heavy atom. The van der Waals surface area contributed by atoms with E-state index in [1.165, 1.54) is 0 Å². The van der Waals surface area contributed by atoms with E-state index >= 15 is 0 Å². The highest BCUT2D eigenvalue weighted by Crippen LogP contribution is 2.24. The van der Waals surface area contributed by atoms with Crippen LogP contribution in [-0.2, 0) is 0 Å². The van der Waals surface area contributed by atoms with Gasteiger partial charge in [0.05, 0.1) is 30.2 Å². The maximum Gasteiger partial charge on any atom is 0.257 e. The summed E-state index contributed by atoms with van der Waals surface area (Å²) in [7, 11) is 5.46. The van der Waals surface area contributed by atoms with Gasteiger partial charge in [-0.2, -0.15) is 0 Å². The number of nitrogens with one attached hydrogen (secondary N) is 2. The standard InChI is InChI=1S/C21H22N4O2/c1-25(2)20-13-10-16(14-22-20)24-21(26)18-6-4-5-7-19(18)23-15-8-11-17(27-3)12-9-15/h4-14,23H,1-3H3,(H,24,26). The minimum Gasteiger partial charge on any atom is -0.497 e. The molecule has 1 amide bonds. The lowest BCUT2D eigenvalue weighted by Gasteiger charge is -2.14. The van der Waals surface area contributed by atoms with Crippen molar-refractivity contribution in [1.29, 1.82) is 0 Å². The van der Waals surface area contributed by atoms with Gasteiger partial charge in [-0.3, -0.25) is 4.79 Å². The number of hydrogen-bond donors (Lipinski definition) is 2. The van der Waals surface area contributed by atoms with E-state index in [9.17, 15) is 4.79 Å². The lowest BCUT2D eigenvalue weighted by atomic mass is 10.1. The van der Waals surface area contributed by atoms with Crippen LogP contribution in [0.4, 0.5) is 22.9 Å². The molecule has 2 N–H and O–H groups in total. The lowest BCUT2D eigenvalue weighted by molar-refractivity contribution is 0.102. The topological polar surface area (TPSA) is 66.5 Å². The van der Waals surface area contributed by atoms with Gasteiger partial charge in [-0.05, 0) is 48.5 Å². The van der Waals surface area contributed by atoms with Crippen molar-refractivity contribution >= 4 is 28.8 Å². The lowest BCUT2D eigenvalue weighted by Crippen LogP contribution is -2.15. The fourth-order valence-electron chi connectivity index (χ4n) is 2.54. The number of anilines is 4. The molecule has 1 heterocycles. The second-order valence-corrected chi connectivity index (χ2v) is 6.15. The second-order valence-electron chi connectivity index (χ2n) is 6.15. The van der Waals surface area contributed by atoms with Gasteiger partial charge < -0.3 is 20.3 Å². The number of rotatable bonds is 6. The number of benzene rings is 2. The highest BCUT2D eigenvalue weighted by atomic mass is 16.5. The number of para-hydroxylation sites is 1. The van der Waals surface area contributed by atoms with Gasteiger partial charge in [0.15, 0.2) is 0 Å². The Morgan fingerprint density at radius 3 is 2.30 bits per heavy atom. The number of carbonyl (C=O) groups excluding carboxylic acids is 1. The largest absolute Gasteiger partial charge is 0.497 e. The Morgan fingerprint density at radius 2 is 1.67 bits per heavy atom. The predicted molar refractivity (Wildman–Crippen MR) is 109 cm³/mol. The van der Waals surface area contributed by atoms with E-state index in [0.29, 0.717) is 11.3 Å². The third kappa shape index (κ3) is 4.55. The van der Waals surface area contributed by atoms with Gasteiger partial charge >= 0.3 is 0 Å². The summed E-state index contributed by atoms with van der Waals surface area (Å²) >= 11 is 0. The van der Waals surface area contributed by atoms with Crippen LogP contribution in [0.1, 0.15) is 10.4 Å². The van der Waals surface area contributed by atoms with Crippen molar-refractivity contribution in [2.24, 2.45) is 0 Å². The molecule has 0 radical (unpaired) electrons. The zero-order chi connectivity index (χ0) is 19.2. The van der Waals surface area contributed by atoms with Crippen LogP contribution in [0, 0.1) is 0 Å². The third-order valence-corrected chi connectivity index (χ3v) is 4.00. The van der Waals surface area contributed by atoms with Gasteiger partial charge in [-0.1, -0.05) is 12.1 Å². The van der Waals surface area contributed by atoms with Crippen LogP contribution < -0.4 is 20.3 Å². The summed E-state index contributed by atoms with van der Waals surface area (Å²) in [5, 5.41) is 6.16. The van der Waals surface area contributed by atoms with Gasteiger partial charge in [0.2, 0.25) is 0 Å². The van der Waals surface area contributed by atoms with E-state index in [4.69, 9.17) is 4.74 Å². The average molecular weight is 362 g/mol. The van der Waals surface area contributed by atoms with Crippen LogP contribution in [0.5, 0.6) is 5.75 Å². The molecule has 0 aliphatic carbocycles. The monoisotopic (exact) mass is 362 g/mol. The quantitative estimate of drug-likeness (QED) is 0.689. The maximum atomic E-state index is 12.7. The number of hydrogen-bond acceptors (Lipinski definition) is 5. The summed E-state index contributed by atoms with van der Waals surface area (Å²) in [6.45, 7) is 0. The Labute approximate surface area is 158 Å². The SMILES string of the molecule is COc1ccc(Nc2ccccc2C(=O)Nc2ccc(N(C)C)nc2)cc1. The molecule has 0 aliphatic rings. The maximum absolute atomic E-state index is 12.7. The zero-order valence-electron chi connectivity index (χ0n) is 15.6. The van der Waals surface area contributed by atoms with Gasteiger partial charge in [0, 0.05) is 19.8 Å². The number of ether oxygens (including phenoxy) is 1. The minimum absolute atomic E-state index is 0.203. The molecule has 0 atom stereocenters. The molecular weight excluding hydrogens is 340 g/mol. The number of amides is 1. The number of methoxy groups -OCH3 is 1. The van der Waals surface area contributed by atoms with E-state index < -0.39 is 0 Å². The van der Waals surface area contributed by atoms with Crippen LogP contribution in [-0.4, -0.2) is 32.1 Å². The molecule has 2 aromatic carbocycles. The fraction of sp³-hybridized carbons (Fsp3) is 0.143. The van der Waals surface area contributed by atoms with E-state index in [1.54, 1.807) is 19.4 Å². The smallest absolute Gasteiger partial charge is 0.257 e. The number of aromatic nitrogens is 1. The molecule has 0 unspecified atom stereocenters. The van der Waals surface area contributed by atoms with Gasteiger partial charge in [-0.15, -0.1) is 0 Å². The first kappa shape index (κ1) is 18.3. The molecule has 3 rings (SSSR count). The van der Waals surface area contributed by atoms with Crippen molar-refractivity contribution < 1.29 is 9.53 Å². The van der Waals surface area contributed by atoms with Gasteiger partial charge in [0.1, 0.15) is 11.6 Å². The molecular formula is C21H22N4O2. The van der Waals surface area contributed by atoms with Crippen molar-refractivity contribution in [3.05, 3.63) is 72.4 Å². The summed E-state index contributed by atoms with van der Waals surface area (Å²) in [6, 6.07) is 18.6. The van der Waals surface area contributed by atoms with Crippen LogP contribution in [0.2, 0.25) is 0 Å². The fourth-order valence-corrected chi connectivity index (χ4v) is 2.54. The van der Waals surface area contributed by atoms with Crippen molar-refractivity contribution in [2.45, 2.75) is 0 Å². The van der Waals surface area contributed by atoms with Crippen LogP contribution in [0.25, 0.3) is 0 Å². The molecule has 0 bridgehead atoms. The van der Waals surface area contributed by atoms with Gasteiger partial charge in [0.25, 0.3) is 5.91 Å². The van der Waals surface area contributed by atoms with Gasteiger partial charge in [-0.25, -0.2) is 4.98 Å². The Balaban J connectivity index is 1.76. The first-order valence-corrected chi connectivity index (χ1v) is 8.51. The molecule has 1 aromatic heterocycles. The highest BCUT2D eigenvalue weighted by molar-refractivity contribution is 6.08. The number of pyridine rings is 1. The van der Waals surface area contributed by atoms with Crippen LogP contribution in [0.15, 0.2) is 66.9 Å². The molecule has 0 saturated heterocycles. The minimum atomic E-state index is -0.203. The normalized spacial score (nSPS) is 10.2. The van der Waals surface area contributed by atoms with Crippen LogP contribution in [0.3, 0.4) is 0 Å². The molecule has 0 aliphatic heterocycles. The Hall–Kier alpha value is -3.54. The number of carbonyl (C=O) groups is 1. The van der Waals surface area contributed by atoms with Crippen molar-refractivity contribution in [3.63, 3.8) is 0 Å². The van der Waals surface area contributed by atoms with Crippen molar-refractivity contribution in [1.82, 2.24) is 4.98 Å². The summed E-state index contributed by atoms with van der Waals surface area (Å²) in [5.74, 6) is 1.40. The molecule has 27 heavy (non-hydrogen) atoms. The van der Waals surface area contributed by atoms with Crippen molar-refractivity contribution in [2.75, 3.05) is 36.7 Å². The molecule has 6 heteroatoms. The van der Waals surface area contributed by atoms with E-state index in [1.807, 2.05) is 73.6 Å². The Bertz CT molecular complexity index is 906. The predicted octanol–water partition coefficient (Wildman–Crippen LogP) is 4.15. The summed E-state index contributed by atoms with van der Waals surface area (Å²) in [4.78, 5) is 19.0. The first-order chi connectivity index (χ1) is 13.1. The first-order valence-electron chi connectivity index (χ1n) is 8.51. The van der Waals surface area contributed by atoms with E-state index in [-0.39, 0.29) is 5.91 Å².